The Kier molecular flexibility index (Phi) is 6.92. The van der Waals surface area contributed by atoms with Crippen molar-refractivity contribution in [2.75, 3.05) is 0 Å². The fourth-order valence-corrected chi connectivity index (χ4v) is 5.12. The van der Waals surface area contributed by atoms with Gasteiger partial charge in [-0.3, -0.25) is 4.79 Å². The maximum Gasteiger partial charge on any atom is 0.271 e. The molecule has 4 nitrogen and oxygen atoms in total. The van der Waals surface area contributed by atoms with Crippen molar-refractivity contribution < 1.29 is 4.79 Å². The zero-order valence-corrected chi connectivity index (χ0v) is 19.6. The summed E-state index contributed by atoms with van der Waals surface area (Å²) in [6.07, 6.45) is 0. The number of para-hydroxylation sites is 1. The molecular formula is C23H17Cl2N3OS2. The number of benzene rings is 3. The monoisotopic (exact) mass is 485 g/mol. The lowest BCUT2D eigenvalue weighted by Gasteiger charge is -2.05. The van der Waals surface area contributed by atoms with E-state index in [1.165, 1.54) is 4.70 Å². The average Bonchev–Trinajstić information content (AvgIpc) is 3.21. The molecule has 0 aliphatic heterocycles. The van der Waals surface area contributed by atoms with Crippen molar-refractivity contribution >= 4 is 68.1 Å². The quantitative estimate of drug-likeness (QED) is 0.181. The van der Waals surface area contributed by atoms with Crippen molar-refractivity contribution in [3.63, 3.8) is 0 Å². The summed E-state index contributed by atoms with van der Waals surface area (Å²) in [4.78, 5) is 17.0. The van der Waals surface area contributed by atoms with Gasteiger partial charge in [-0.25, -0.2) is 10.4 Å². The van der Waals surface area contributed by atoms with E-state index < -0.39 is 0 Å². The molecule has 1 heterocycles. The molecule has 156 valence electrons. The molecule has 8 heteroatoms. The predicted molar refractivity (Wildman–Crippen MR) is 132 cm³/mol. The Hall–Kier alpha value is -2.38. The minimum atomic E-state index is -0.273. The van der Waals surface area contributed by atoms with Crippen LogP contribution in [-0.2, 0) is 5.75 Å². The number of fused-ring (bicyclic) bond motifs is 1. The second-order valence-corrected chi connectivity index (χ2v) is 9.77. The van der Waals surface area contributed by atoms with E-state index in [-0.39, 0.29) is 5.91 Å². The molecule has 0 atom stereocenters. The minimum Gasteiger partial charge on any atom is -0.267 e. The van der Waals surface area contributed by atoms with Gasteiger partial charge in [0, 0.05) is 11.3 Å². The molecule has 4 aromatic rings. The molecule has 0 radical (unpaired) electrons. The lowest BCUT2D eigenvalue weighted by atomic mass is 10.1. The third kappa shape index (κ3) is 5.46. The third-order valence-corrected chi connectivity index (χ3v) is 7.50. The number of aromatic nitrogens is 1. The van der Waals surface area contributed by atoms with Crippen LogP contribution in [0.5, 0.6) is 0 Å². The highest BCUT2D eigenvalue weighted by Gasteiger charge is 2.08. The number of carbonyl (C=O) groups excluding carboxylic acids is 1. The molecule has 0 aliphatic carbocycles. The molecule has 1 N–H and O–H groups in total. The van der Waals surface area contributed by atoms with Gasteiger partial charge in [0.2, 0.25) is 0 Å². The van der Waals surface area contributed by atoms with Crippen LogP contribution in [0.3, 0.4) is 0 Å². The number of thiazole rings is 1. The lowest BCUT2D eigenvalue weighted by Crippen LogP contribution is -2.19. The highest BCUT2D eigenvalue weighted by Crippen LogP contribution is 2.31. The summed E-state index contributed by atoms with van der Waals surface area (Å²) < 4.78 is 2.23. The van der Waals surface area contributed by atoms with Crippen LogP contribution in [0.2, 0.25) is 10.0 Å². The van der Waals surface area contributed by atoms with Crippen LogP contribution < -0.4 is 5.43 Å². The molecule has 1 amide bonds. The van der Waals surface area contributed by atoms with Crippen LogP contribution in [-0.4, -0.2) is 16.6 Å². The standard InChI is InChI=1S/C23H17Cl2N3OS2/c1-14(17-10-11-18(24)19(25)12-17)27-28-22(29)16-8-6-15(7-9-16)13-30-23-26-20-4-2-3-5-21(20)31-23/h2-12H,13H2,1H3,(H,28,29). The molecule has 1 aromatic heterocycles. The first-order valence-corrected chi connectivity index (χ1v) is 11.9. The number of thioether (sulfide) groups is 1. The molecule has 0 bridgehead atoms. The van der Waals surface area contributed by atoms with Crippen LogP contribution in [0, 0.1) is 0 Å². The number of carbonyl (C=O) groups is 1. The van der Waals surface area contributed by atoms with Gasteiger partial charge in [-0.15, -0.1) is 11.3 Å². The number of hydrogen-bond acceptors (Lipinski definition) is 5. The molecule has 0 saturated heterocycles. The lowest BCUT2D eigenvalue weighted by molar-refractivity contribution is 0.0955. The van der Waals surface area contributed by atoms with Gasteiger partial charge < -0.3 is 0 Å². The second-order valence-electron chi connectivity index (χ2n) is 6.70. The zero-order chi connectivity index (χ0) is 21.8. The molecule has 0 fully saturated rings. The van der Waals surface area contributed by atoms with Gasteiger partial charge >= 0.3 is 0 Å². The van der Waals surface area contributed by atoms with E-state index in [9.17, 15) is 4.79 Å². The van der Waals surface area contributed by atoms with Crippen molar-refractivity contribution in [1.82, 2.24) is 10.4 Å². The molecule has 4 rings (SSSR count). The predicted octanol–water partition coefficient (Wildman–Crippen LogP) is 7.05. The van der Waals surface area contributed by atoms with E-state index in [0.717, 1.165) is 26.7 Å². The van der Waals surface area contributed by atoms with E-state index >= 15 is 0 Å². The second kappa shape index (κ2) is 9.83. The normalized spacial score (nSPS) is 11.6. The van der Waals surface area contributed by atoms with Gasteiger partial charge in [0.15, 0.2) is 4.34 Å². The fraction of sp³-hybridized carbons (Fsp3) is 0.0870. The molecule has 0 spiro atoms. The average molecular weight is 486 g/mol. The van der Waals surface area contributed by atoms with Gasteiger partial charge in [0.1, 0.15) is 0 Å². The minimum absolute atomic E-state index is 0.273. The van der Waals surface area contributed by atoms with E-state index in [1.54, 1.807) is 60.4 Å². The van der Waals surface area contributed by atoms with E-state index in [2.05, 4.69) is 21.6 Å². The highest BCUT2D eigenvalue weighted by molar-refractivity contribution is 8.00. The van der Waals surface area contributed by atoms with Crippen molar-refractivity contribution in [2.45, 2.75) is 17.0 Å². The van der Waals surface area contributed by atoms with Crippen molar-refractivity contribution in [1.29, 1.82) is 0 Å². The molecular weight excluding hydrogens is 469 g/mol. The Bertz CT molecular complexity index is 1240. The SMILES string of the molecule is CC(=NNC(=O)c1ccc(CSc2nc3ccccc3s2)cc1)c1ccc(Cl)c(Cl)c1. The van der Waals surface area contributed by atoms with Crippen molar-refractivity contribution in [3.8, 4) is 0 Å². The number of nitrogens with one attached hydrogen (secondary N) is 1. The van der Waals surface area contributed by atoms with Gasteiger partial charge in [0.05, 0.1) is 26.0 Å². The largest absolute Gasteiger partial charge is 0.271 e. The molecule has 0 saturated carbocycles. The van der Waals surface area contributed by atoms with Crippen molar-refractivity contribution in [2.24, 2.45) is 5.10 Å². The third-order valence-electron chi connectivity index (χ3n) is 4.52. The van der Waals surface area contributed by atoms with E-state index in [1.807, 2.05) is 30.3 Å². The van der Waals surface area contributed by atoms with Gasteiger partial charge in [-0.1, -0.05) is 65.3 Å². The van der Waals surface area contributed by atoms with E-state index in [0.29, 0.717) is 21.3 Å². The van der Waals surface area contributed by atoms with Crippen LogP contribution in [0.25, 0.3) is 10.2 Å². The first-order chi connectivity index (χ1) is 15.0. The number of hydrazone groups is 1. The highest BCUT2D eigenvalue weighted by atomic mass is 35.5. The Morgan fingerprint density at radius 3 is 2.52 bits per heavy atom. The molecule has 31 heavy (non-hydrogen) atoms. The van der Waals surface area contributed by atoms with Crippen LogP contribution in [0.15, 0.2) is 76.2 Å². The van der Waals surface area contributed by atoms with Gasteiger partial charge in [0.25, 0.3) is 5.91 Å². The summed E-state index contributed by atoms with van der Waals surface area (Å²) in [7, 11) is 0. The zero-order valence-electron chi connectivity index (χ0n) is 16.4. The summed E-state index contributed by atoms with van der Waals surface area (Å²) >= 11 is 15.4. The smallest absolute Gasteiger partial charge is 0.267 e. The number of amides is 1. The Morgan fingerprint density at radius 2 is 1.77 bits per heavy atom. The first-order valence-electron chi connectivity index (χ1n) is 9.37. The Labute approximate surface area is 198 Å². The maximum absolute atomic E-state index is 12.4. The summed E-state index contributed by atoms with van der Waals surface area (Å²) in [5.74, 6) is 0.515. The number of rotatable bonds is 6. The molecule has 3 aromatic carbocycles. The molecule has 0 aliphatic rings. The Balaban J connectivity index is 1.35. The fourth-order valence-electron chi connectivity index (χ4n) is 2.80. The van der Waals surface area contributed by atoms with Crippen molar-refractivity contribution in [3.05, 3.63) is 93.5 Å². The van der Waals surface area contributed by atoms with E-state index in [4.69, 9.17) is 23.2 Å². The summed E-state index contributed by atoms with van der Waals surface area (Å²) in [6.45, 7) is 1.79. The van der Waals surface area contributed by atoms with Gasteiger partial charge in [-0.2, -0.15) is 5.10 Å². The Morgan fingerprint density at radius 1 is 1.03 bits per heavy atom. The van der Waals surface area contributed by atoms with Crippen LogP contribution in [0.1, 0.15) is 28.4 Å². The summed E-state index contributed by atoms with van der Waals surface area (Å²) in [5.41, 5.74) is 6.70. The molecule has 0 unspecified atom stereocenters. The topological polar surface area (TPSA) is 54.4 Å². The number of halogens is 2. The first kappa shape index (κ1) is 21.8. The summed E-state index contributed by atoms with van der Waals surface area (Å²) in [6, 6.07) is 20.8. The maximum atomic E-state index is 12.4. The van der Waals surface area contributed by atoms with Crippen LogP contribution in [0.4, 0.5) is 0 Å². The summed E-state index contributed by atoms with van der Waals surface area (Å²) in [5, 5.41) is 5.08. The number of nitrogens with zero attached hydrogens (tertiary/aromatic N) is 2. The number of hydrogen-bond donors (Lipinski definition) is 1. The van der Waals surface area contributed by atoms with Gasteiger partial charge in [-0.05, 0) is 54.4 Å². The van der Waals surface area contributed by atoms with Crippen LogP contribution >= 0.6 is 46.3 Å².